The minimum atomic E-state index is -0.452. The molecule has 0 saturated carbocycles. The highest BCUT2D eigenvalue weighted by molar-refractivity contribution is 6.46. The molecule has 2 amide bonds. The number of halogens is 1. The highest BCUT2D eigenvalue weighted by Gasteiger charge is 2.41. The molecular weight excluding hydrogens is 412 g/mol. The first-order valence-corrected chi connectivity index (χ1v) is 10.1. The maximum Gasteiger partial charge on any atom is 0.282 e. The van der Waals surface area contributed by atoms with Gasteiger partial charge < -0.3 is 10.1 Å². The molecule has 0 saturated heterocycles. The van der Waals surface area contributed by atoms with E-state index in [4.69, 9.17) is 16.3 Å². The van der Waals surface area contributed by atoms with Gasteiger partial charge in [0.2, 0.25) is 0 Å². The third-order valence-electron chi connectivity index (χ3n) is 5.02. The molecule has 5 nitrogen and oxygen atoms in total. The number of anilines is 2. The zero-order valence-corrected chi connectivity index (χ0v) is 18.2. The van der Waals surface area contributed by atoms with E-state index in [2.05, 4.69) is 5.32 Å². The fourth-order valence-corrected chi connectivity index (χ4v) is 3.97. The summed E-state index contributed by atoms with van der Waals surface area (Å²) in [5, 5.41) is 3.63. The number of ether oxygens (including phenoxy) is 1. The maximum atomic E-state index is 13.5. The van der Waals surface area contributed by atoms with E-state index in [1.807, 2.05) is 38.1 Å². The molecule has 156 valence electrons. The highest BCUT2D eigenvalue weighted by Crippen LogP contribution is 2.37. The van der Waals surface area contributed by atoms with Gasteiger partial charge in [0.1, 0.15) is 11.4 Å². The summed E-state index contributed by atoms with van der Waals surface area (Å²) in [6, 6.07) is 19.7. The van der Waals surface area contributed by atoms with Crippen LogP contribution in [0.3, 0.4) is 0 Å². The fourth-order valence-electron chi connectivity index (χ4n) is 3.79. The number of amides is 2. The maximum absolute atomic E-state index is 13.5. The lowest BCUT2D eigenvalue weighted by molar-refractivity contribution is -0.120. The van der Waals surface area contributed by atoms with E-state index in [1.165, 1.54) is 7.11 Å². The SMILES string of the molecule is COc1ccccc1C1=C(Nc2cc(C)cc(C)c2)C(=O)N(c2cccc(Cl)c2)C1=O. The second kappa shape index (κ2) is 8.28. The molecule has 1 aliphatic heterocycles. The first-order chi connectivity index (χ1) is 14.9. The summed E-state index contributed by atoms with van der Waals surface area (Å²) < 4.78 is 5.47. The Morgan fingerprint density at radius 3 is 2.26 bits per heavy atom. The Kier molecular flexibility index (Phi) is 5.53. The van der Waals surface area contributed by atoms with Gasteiger partial charge in [-0.05, 0) is 61.4 Å². The van der Waals surface area contributed by atoms with Crippen LogP contribution < -0.4 is 15.0 Å². The van der Waals surface area contributed by atoms with E-state index in [-0.39, 0.29) is 11.3 Å². The van der Waals surface area contributed by atoms with Gasteiger partial charge >= 0.3 is 0 Å². The molecule has 31 heavy (non-hydrogen) atoms. The first kappa shape index (κ1) is 20.7. The quantitative estimate of drug-likeness (QED) is 0.551. The number of benzene rings is 3. The molecule has 0 atom stereocenters. The molecule has 0 spiro atoms. The Hall–Kier alpha value is -3.57. The minimum Gasteiger partial charge on any atom is -0.496 e. The number of carbonyl (C=O) groups excluding carboxylic acids is 2. The smallest absolute Gasteiger partial charge is 0.282 e. The molecule has 3 aromatic rings. The average molecular weight is 433 g/mol. The molecular formula is C25H21ClN2O3. The summed E-state index contributed by atoms with van der Waals surface area (Å²) in [7, 11) is 1.53. The average Bonchev–Trinajstić information content (AvgIpc) is 2.96. The van der Waals surface area contributed by atoms with Crippen molar-refractivity contribution in [1.29, 1.82) is 0 Å². The molecule has 3 aromatic carbocycles. The number of imide groups is 1. The van der Waals surface area contributed by atoms with E-state index < -0.39 is 11.8 Å². The van der Waals surface area contributed by atoms with Crippen LogP contribution in [0.25, 0.3) is 5.57 Å². The number of methoxy groups -OCH3 is 1. The molecule has 0 fully saturated rings. The minimum absolute atomic E-state index is 0.194. The van der Waals surface area contributed by atoms with Crippen LogP contribution in [0.15, 0.2) is 72.4 Å². The monoisotopic (exact) mass is 432 g/mol. The summed E-state index contributed by atoms with van der Waals surface area (Å²) in [6.45, 7) is 3.96. The zero-order chi connectivity index (χ0) is 22.1. The lowest BCUT2D eigenvalue weighted by atomic mass is 10.0. The van der Waals surface area contributed by atoms with Crippen LogP contribution in [0.5, 0.6) is 5.75 Å². The standard InChI is InChI=1S/C25H21ClN2O3/c1-15-11-16(2)13-18(12-15)27-23-22(20-9-4-5-10-21(20)31-3)24(29)28(25(23)30)19-8-6-7-17(26)14-19/h4-14,27H,1-3H3. The molecule has 0 radical (unpaired) electrons. The molecule has 4 rings (SSSR count). The molecule has 0 aromatic heterocycles. The molecule has 0 unspecified atom stereocenters. The van der Waals surface area contributed by atoms with Crippen LogP contribution in [0.4, 0.5) is 11.4 Å². The van der Waals surface area contributed by atoms with Crippen LogP contribution in [0.1, 0.15) is 16.7 Å². The lowest BCUT2D eigenvalue weighted by Gasteiger charge is -2.16. The second-order valence-electron chi connectivity index (χ2n) is 7.38. The summed E-state index contributed by atoms with van der Waals surface area (Å²) >= 11 is 6.12. The Balaban J connectivity index is 1.88. The van der Waals surface area contributed by atoms with Crippen LogP contribution in [-0.4, -0.2) is 18.9 Å². The van der Waals surface area contributed by atoms with Crippen molar-refractivity contribution in [2.24, 2.45) is 0 Å². The van der Waals surface area contributed by atoms with Crippen molar-refractivity contribution in [3.05, 3.63) is 94.1 Å². The predicted octanol–water partition coefficient (Wildman–Crippen LogP) is 5.36. The number of hydrogen-bond acceptors (Lipinski definition) is 4. The van der Waals surface area contributed by atoms with Crippen LogP contribution in [-0.2, 0) is 9.59 Å². The summed E-state index contributed by atoms with van der Waals surface area (Å²) in [5.41, 5.74) is 4.22. The Bertz CT molecular complexity index is 1210. The predicted molar refractivity (Wildman–Crippen MR) is 123 cm³/mol. The van der Waals surface area contributed by atoms with E-state index in [0.29, 0.717) is 22.0 Å². The summed E-state index contributed by atoms with van der Waals surface area (Å²) in [4.78, 5) is 28.2. The number of carbonyl (C=O) groups is 2. The molecule has 0 aliphatic carbocycles. The van der Waals surface area contributed by atoms with Crippen LogP contribution in [0.2, 0.25) is 5.02 Å². The van der Waals surface area contributed by atoms with E-state index in [0.717, 1.165) is 21.7 Å². The number of para-hydroxylation sites is 1. The number of aryl methyl sites for hydroxylation is 2. The van der Waals surface area contributed by atoms with Gasteiger partial charge in [-0.15, -0.1) is 0 Å². The summed E-state index contributed by atoms with van der Waals surface area (Å²) in [6.07, 6.45) is 0. The van der Waals surface area contributed by atoms with Gasteiger partial charge in [-0.2, -0.15) is 0 Å². The van der Waals surface area contributed by atoms with Gasteiger partial charge in [0.25, 0.3) is 11.8 Å². The lowest BCUT2D eigenvalue weighted by Crippen LogP contribution is -2.32. The Labute approximate surface area is 185 Å². The number of nitrogens with zero attached hydrogens (tertiary/aromatic N) is 1. The Morgan fingerprint density at radius 1 is 0.871 bits per heavy atom. The third kappa shape index (κ3) is 3.92. The van der Waals surface area contributed by atoms with Crippen molar-refractivity contribution in [1.82, 2.24) is 0 Å². The van der Waals surface area contributed by atoms with Gasteiger partial charge in [-0.25, -0.2) is 4.90 Å². The van der Waals surface area contributed by atoms with Crippen molar-refractivity contribution < 1.29 is 14.3 Å². The van der Waals surface area contributed by atoms with Crippen molar-refractivity contribution in [2.75, 3.05) is 17.3 Å². The number of rotatable bonds is 5. The van der Waals surface area contributed by atoms with E-state index in [1.54, 1.807) is 42.5 Å². The molecule has 0 bridgehead atoms. The Morgan fingerprint density at radius 2 is 1.58 bits per heavy atom. The molecule has 1 N–H and O–H groups in total. The van der Waals surface area contributed by atoms with Crippen LogP contribution in [0, 0.1) is 13.8 Å². The second-order valence-corrected chi connectivity index (χ2v) is 7.81. The van der Waals surface area contributed by atoms with Gasteiger partial charge in [-0.3, -0.25) is 9.59 Å². The molecule has 1 heterocycles. The fraction of sp³-hybridized carbons (Fsp3) is 0.120. The first-order valence-electron chi connectivity index (χ1n) is 9.76. The molecule has 6 heteroatoms. The number of nitrogens with one attached hydrogen (secondary N) is 1. The number of hydrogen-bond donors (Lipinski definition) is 1. The van der Waals surface area contributed by atoms with Gasteiger partial charge in [0.15, 0.2) is 0 Å². The van der Waals surface area contributed by atoms with Crippen molar-refractivity contribution in [3.8, 4) is 5.75 Å². The summed E-state index contributed by atoms with van der Waals surface area (Å²) in [5.74, 6) is -0.387. The van der Waals surface area contributed by atoms with Crippen molar-refractivity contribution in [2.45, 2.75) is 13.8 Å². The van der Waals surface area contributed by atoms with Gasteiger partial charge in [0.05, 0.1) is 18.4 Å². The van der Waals surface area contributed by atoms with Crippen molar-refractivity contribution >= 4 is 40.4 Å². The van der Waals surface area contributed by atoms with E-state index >= 15 is 0 Å². The van der Waals surface area contributed by atoms with Crippen molar-refractivity contribution in [3.63, 3.8) is 0 Å². The third-order valence-corrected chi connectivity index (χ3v) is 5.25. The highest BCUT2D eigenvalue weighted by atomic mass is 35.5. The zero-order valence-electron chi connectivity index (χ0n) is 17.4. The van der Waals surface area contributed by atoms with Crippen LogP contribution >= 0.6 is 11.6 Å². The van der Waals surface area contributed by atoms with Gasteiger partial charge in [-0.1, -0.05) is 41.9 Å². The topological polar surface area (TPSA) is 58.6 Å². The van der Waals surface area contributed by atoms with Gasteiger partial charge in [0, 0.05) is 16.3 Å². The van der Waals surface area contributed by atoms with E-state index in [9.17, 15) is 9.59 Å². The molecule has 1 aliphatic rings. The normalized spacial score (nSPS) is 13.7. The largest absolute Gasteiger partial charge is 0.496 e.